The molecule has 0 fully saturated rings. The van der Waals surface area contributed by atoms with Crippen molar-refractivity contribution in [2.75, 3.05) is 13.6 Å². The smallest absolute Gasteiger partial charge is 0.191 e. The summed E-state index contributed by atoms with van der Waals surface area (Å²) >= 11 is 6.14. The number of rotatable bonds is 6. The second kappa shape index (κ2) is 8.69. The summed E-state index contributed by atoms with van der Waals surface area (Å²) in [5.74, 6) is 0.810. The molecule has 28 heavy (non-hydrogen) atoms. The number of nitrogens with one attached hydrogen (secondary N) is 3. The van der Waals surface area contributed by atoms with Gasteiger partial charge >= 0.3 is 0 Å². The van der Waals surface area contributed by atoms with Gasteiger partial charge in [0.15, 0.2) is 5.96 Å². The summed E-state index contributed by atoms with van der Waals surface area (Å²) in [6, 6.07) is 6.18. The molecule has 3 rings (SSSR count). The molecule has 0 aliphatic rings. The van der Waals surface area contributed by atoms with Crippen molar-refractivity contribution in [1.82, 2.24) is 25.4 Å². The van der Waals surface area contributed by atoms with E-state index in [4.69, 9.17) is 11.6 Å². The zero-order chi connectivity index (χ0) is 20.3. The fraction of sp³-hybridized carbons (Fsp3) is 0.429. The molecule has 1 unspecified atom stereocenters. The van der Waals surface area contributed by atoms with Crippen LogP contribution in [0, 0.1) is 13.8 Å². The summed E-state index contributed by atoms with van der Waals surface area (Å²) in [6.07, 6.45) is 3.85. The zero-order valence-electron chi connectivity index (χ0n) is 17.2. The van der Waals surface area contributed by atoms with E-state index in [2.05, 4.69) is 52.7 Å². The minimum atomic E-state index is 0.250. The van der Waals surface area contributed by atoms with Crippen LogP contribution in [-0.4, -0.2) is 40.4 Å². The molecule has 0 bridgehead atoms. The number of aromatic nitrogens is 3. The average molecular weight is 401 g/mol. The van der Waals surface area contributed by atoms with Gasteiger partial charge in [-0.25, -0.2) is 0 Å². The Morgan fingerprint density at radius 1 is 1.36 bits per heavy atom. The molecule has 0 saturated heterocycles. The van der Waals surface area contributed by atoms with E-state index >= 15 is 0 Å². The van der Waals surface area contributed by atoms with Gasteiger partial charge in [-0.3, -0.25) is 9.67 Å². The number of aromatic amines is 1. The lowest BCUT2D eigenvalue weighted by molar-refractivity contribution is 0.635. The Kier molecular flexibility index (Phi) is 6.29. The van der Waals surface area contributed by atoms with E-state index in [-0.39, 0.29) is 6.04 Å². The van der Waals surface area contributed by atoms with Crippen molar-refractivity contribution >= 4 is 28.5 Å². The highest BCUT2D eigenvalue weighted by atomic mass is 35.5. The van der Waals surface area contributed by atoms with E-state index in [1.165, 1.54) is 22.2 Å². The number of hydrogen-bond donors (Lipinski definition) is 3. The SMILES string of the molecule is CN=C(NCCc1c[nH]c2ccc(Cl)cc12)NC(C)Cc1c(C)nn(C)c1C. The van der Waals surface area contributed by atoms with Crippen LogP contribution in [0.1, 0.15) is 29.4 Å². The molecule has 0 amide bonds. The van der Waals surface area contributed by atoms with Gasteiger partial charge < -0.3 is 15.6 Å². The summed E-state index contributed by atoms with van der Waals surface area (Å²) in [5, 5.41) is 13.3. The number of H-pyrrole nitrogens is 1. The molecular formula is C21H29ClN6. The average Bonchev–Trinajstić information content (AvgIpc) is 3.16. The van der Waals surface area contributed by atoms with E-state index in [0.29, 0.717) is 0 Å². The van der Waals surface area contributed by atoms with Crippen molar-refractivity contribution in [2.45, 2.75) is 39.7 Å². The maximum absolute atomic E-state index is 6.14. The Bertz CT molecular complexity index is 984. The first kappa shape index (κ1) is 20.3. The summed E-state index contributed by atoms with van der Waals surface area (Å²) < 4.78 is 1.94. The predicted octanol–water partition coefficient (Wildman–Crippen LogP) is 3.51. The van der Waals surface area contributed by atoms with E-state index in [1.54, 1.807) is 7.05 Å². The Morgan fingerprint density at radius 2 is 2.14 bits per heavy atom. The number of hydrogen-bond acceptors (Lipinski definition) is 2. The molecule has 7 heteroatoms. The predicted molar refractivity (Wildman–Crippen MR) is 117 cm³/mol. The molecule has 0 radical (unpaired) electrons. The van der Waals surface area contributed by atoms with Crippen molar-refractivity contribution in [3.63, 3.8) is 0 Å². The molecular weight excluding hydrogens is 372 g/mol. The highest BCUT2D eigenvalue weighted by Gasteiger charge is 2.14. The number of guanidine groups is 1. The number of halogens is 1. The maximum atomic E-state index is 6.14. The fourth-order valence-electron chi connectivity index (χ4n) is 3.57. The number of aliphatic imine (C=N–C) groups is 1. The van der Waals surface area contributed by atoms with Gasteiger partial charge in [0.2, 0.25) is 0 Å². The summed E-state index contributed by atoms with van der Waals surface area (Å²) in [4.78, 5) is 7.66. The second-order valence-electron chi connectivity index (χ2n) is 7.28. The number of benzene rings is 1. The standard InChI is InChI=1S/C21H29ClN6/c1-13(10-18-14(2)27-28(5)15(18)3)26-21(23-4)24-9-8-16-12-25-20-7-6-17(22)11-19(16)20/h6-7,11-13,25H,8-10H2,1-5H3,(H2,23,24,26). The van der Waals surface area contributed by atoms with Crippen molar-refractivity contribution in [1.29, 1.82) is 0 Å². The highest BCUT2D eigenvalue weighted by molar-refractivity contribution is 6.31. The first-order valence-electron chi connectivity index (χ1n) is 9.60. The van der Waals surface area contributed by atoms with Crippen LogP contribution in [0.25, 0.3) is 10.9 Å². The summed E-state index contributed by atoms with van der Waals surface area (Å²) in [6.45, 7) is 7.13. The second-order valence-corrected chi connectivity index (χ2v) is 7.71. The normalized spacial score (nSPS) is 13.1. The van der Waals surface area contributed by atoms with Crippen molar-refractivity contribution < 1.29 is 0 Å². The zero-order valence-corrected chi connectivity index (χ0v) is 18.0. The molecule has 150 valence electrons. The molecule has 2 aromatic heterocycles. The number of fused-ring (bicyclic) bond motifs is 1. The van der Waals surface area contributed by atoms with Crippen LogP contribution in [0.5, 0.6) is 0 Å². The van der Waals surface area contributed by atoms with Gasteiger partial charge in [0.05, 0.1) is 5.69 Å². The van der Waals surface area contributed by atoms with Gasteiger partial charge in [0.1, 0.15) is 0 Å². The topological polar surface area (TPSA) is 70.0 Å². The van der Waals surface area contributed by atoms with Gasteiger partial charge in [-0.05, 0) is 62.9 Å². The molecule has 2 heterocycles. The lowest BCUT2D eigenvalue weighted by Crippen LogP contribution is -2.43. The molecule has 0 saturated carbocycles. The quantitative estimate of drug-likeness (QED) is 0.438. The highest BCUT2D eigenvalue weighted by Crippen LogP contribution is 2.22. The molecule has 0 spiro atoms. The van der Waals surface area contributed by atoms with Gasteiger partial charge in [0.25, 0.3) is 0 Å². The molecule has 3 aromatic rings. The molecule has 1 atom stereocenters. The third-order valence-corrected chi connectivity index (χ3v) is 5.43. The monoisotopic (exact) mass is 400 g/mol. The van der Waals surface area contributed by atoms with Crippen LogP contribution in [-0.2, 0) is 19.9 Å². The minimum absolute atomic E-state index is 0.250. The van der Waals surface area contributed by atoms with E-state index in [1.807, 2.05) is 29.9 Å². The molecule has 0 aliphatic heterocycles. The summed E-state index contributed by atoms with van der Waals surface area (Å²) in [7, 11) is 3.79. The minimum Gasteiger partial charge on any atom is -0.361 e. The van der Waals surface area contributed by atoms with Crippen LogP contribution in [0.3, 0.4) is 0 Å². The van der Waals surface area contributed by atoms with Crippen molar-refractivity contribution in [2.24, 2.45) is 12.0 Å². The lowest BCUT2D eigenvalue weighted by atomic mass is 10.1. The van der Waals surface area contributed by atoms with Crippen LogP contribution < -0.4 is 10.6 Å². The van der Waals surface area contributed by atoms with Crippen LogP contribution in [0.4, 0.5) is 0 Å². The molecule has 3 N–H and O–H groups in total. The third-order valence-electron chi connectivity index (χ3n) is 5.19. The largest absolute Gasteiger partial charge is 0.361 e. The van der Waals surface area contributed by atoms with E-state index in [9.17, 15) is 0 Å². The van der Waals surface area contributed by atoms with Gasteiger partial charge in [-0.2, -0.15) is 5.10 Å². The van der Waals surface area contributed by atoms with Gasteiger partial charge in [0, 0.05) is 54.5 Å². The van der Waals surface area contributed by atoms with E-state index < -0.39 is 0 Å². The molecule has 6 nitrogen and oxygen atoms in total. The van der Waals surface area contributed by atoms with Crippen molar-refractivity contribution in [3.8, 4) is 0 Å². The summed E-state index contributed by atoms with van der Waals surface area (Å²) in [5.41, 5.74) is 5.96. The Balaban J connectivity index is 1.55. The fourth-order valence-corrected chi connectivity index (χ4v) is 3.74. The van der Waals surface area contributed by atoms with Gasteiger partial charge in [-0.15, -0.1) is 0 Å². The number of aryl methyl sites for hydroxylation is 2. The van der Waals surface area contributed by atoms with Crippen LogP contribution in [0.15, 0.2) is 29.4 Å². The third kappa shape index (κ3) is 4.50. The molecule has 1 aromatic carbocycles. The Labute approximate surface area is 171 Å². The first-order chi connectivity index (χ1) is 13.4. The lowest BCUT2D eigenvalue weighted by Gasteiger charge is -2.18. The van der Waals surface area contributed by atoms with Gasteiger partial charge in [-0.1, -0.05) is 11.6 Å². The number of nitrogens with zero attached hydrogens (tertiary/aromatic N) is 3. The maximum Gasteiger partial charge on any atom is 0.191 e. The van der Waals surface area contributed by atoms with Crippen LogP contribution >= 0.6 is 11.6 Å². The Hall–Kier alpha value is -2.47. The van der Waals surface area contributed by atoms with Crippen molar-refractivity contribution in [3.05, 3.63) is 51.9 Å². The van der Waals surface area contributed by atoms with E-state index in [0.717, 1.165) is 41.6 Å². The first-order valence-corrected chi connectivity index (χ1v) is 9.98. The Morgan fingerprint density at radius 3 is 2.82 bits per heavy atom. The molecule has 0 aliphatic carbocycles. The van der Waals surface area contributed by atoms with Crippen LogP contribution in [0.2, 0.25) is 5.02 Å².